The monoisotopic (exact) mass is 577 g/mol. The van der Waals surface area contributed by atoms with Crippen LogP contribution >= 0.6 is 0 Å². The van der Waals surface area contributed by atoms with Crippen molar-refractivity contribution in [2.75, 3.05) is 33.4 Å². The molecule has 2 aromatic carbocycles. The molecular formula is C35H35N3O5. The molecule has 1 aliphatic carbocycles. The number of aromatic nitrogens is 2. The minimum atomic E-state index is -0.950. The van der Waals surface area contributed by atoms with Gasteiger partial charge in [0.2, 0.25) is 0 Å². The van der Waals surface area contributed by atoms with E-state index in [0.29, 0.717) is 50.0 Å². The molecule has 2 aliphatic heterocycles. The van der Waals surface area contributed by atoms with Gasteiger partial charge in [-0.2, -0.15) is 0 Å². The van der Waals surface area contributed by atoms with E-state index >= 15 is 0 Å². The number of carbonyl (C=O) groups is 2. The van der Waals surface area contributed by atoms with Gasteiger partial charge in [-0.25, -0.2) is 4.79 Å². The molecule has 0 atom stereocenters. The predicted octanol–water partition coefficient (Wildman–Crippen LogP) is 6.48. The lowest BCUT2D eigenvalue weighted by atomic mass is 9.81. The standard InChI is InChI=1S/C35H35N3O5/c1-42-26-10-12-27-24(19-26)18-25(32-29(8-5-13-36-32)34(39)37-14-16-43-17-15-37)21-38-30-20-23(35(40)41)9-11-28(30)31(33(27)38)22-6-3-2-4-7-22/h5,8-13,18-20,22H,2-4,6-7,14-17,21H2,1H3,(H,40,41). The molecule has 220 valence electrons. The average molecular weight is 578 g/mol. The number of ether oxygens (including phenoxy) is 2. The third-order valence-corrected chi connectivity index (χ3v) is 9.18. The summed E-state index contributed by atoms with van der Waals surface area (Å²) in [5, 5.41) is 11.0. The first kappa shape index (κ1) is 27.4. The van der Waals surface area contributed by atoms with Gasteiger partial charge >= 0.3 is 5.97 Å². The predicted molar refractivity (Wildman–Crippen MR) is 166 cm³/mol. The number of carbonyl (C=O) groups excluding carboxylic acids is 1. The lowest BCUT2D eigenvalue weighted by Crippen LogP contribution is -2.41. The van der Waals surface area contributed by atoms with E-state index < -0.39 is 5.97 Å². The molecule has 7 rings (SSSR count). The van der Waals surface area contributed by atoms with E-state index in [9.17, 15) is 14.7 Å². The maximum absolute atomic E-state index is 13.8. The van der Waals surface area contributed by atoms with Crippen LogP contribution in [0.25, 0.3) is 33.8 Å². The lowest BCUT2D eigenvalue weighted by Gasteiger charge is -2.27. The molecule has 1 amide bonds. The molecule has 43 heavy (non-hydrogen) atoms. The summed E-state index contributed by atoms with van der Waals surface area (Å²) in [5.74, 6) is 0.121. The number of morpholine rings is 1. The smallest absolute Gasteiger partial charge is 0.335 e. The summed E-state index contributed by atoms with van der Waals surface area (Å²) in [5.41, 5.74) is 7.69. The van der Waals surface area contributed by atoms with Crippen molar-refractivity contribution in [2.24, 2.45) is 0 Å². The number of nitrogens with zero attached hydrogens (tertiary/aromatic N) is 3. The van der Waals surface area contributed by atoms with Crippen LogP contribution in [0.1, 0.15) is 75.6 Å². The van der Waals surface area contributed by atoms with Crippen LogP contribution < -0.4 is 4.74 Å². The Morgan fingerprint density at radius 1 is 1.02 bits per heavy atom. The molecule has 2 aromatic heterocycles. The first-order valence-corrected chi connectivity index (χ1v) is 15.1. The van der Waals surface area contributed by atoms with E-state index in [1.54, 1.807) is 25.4 Å². The van der Waals surface area contributed by atoms with Crippen LogP contribution in [0.3, 0.4) is 0 Å². The summed E-state index contributed by atoms with van der Waals surface area (Å²) in [4.78, 5) is 32.5. The first-order valence-electron chi connectivity index (χ1n) is 15.1. The van der Waals surface area contributed by atoms with Crippen LogP contribution in [-0.2, 0) is 11.3 Å². The first-order chi connectivity index (χ1) is 21.0. The number of hydrogen-bond acceptors (Lipinski definition) is 5. The highest BCUT2D eigenvalue weighted by Crippen LogP contribution is 2.47. The second-order valence-corrected chi connectivity index (χ2v) is 11.6. The molecule has 0 radical (unpaired) electrons. The summed E-state index contributed by atoms with van der Waals surface area (Å²) in [6, 6.07) is 15.3. The summed E-state index contributed by atoms with van der Waals surface area (Å²) < 4.78 is 13.4. The van der Waals surface area contributed by atoms with Crippen molar-refractivity contribution in [2.45, 2.75) is 44.6 Å². The minimum Gasteiger partial charge on any atom is -0.497 e. The normalized spacial score (nSPS) is 17.1. The largest absolute Gasteiger partial charge is 0.497 e. The quantitative estimate of drug-likeness (QED) is 0.292. The Labute approximate surface area is 250 Å². The molecule has 8 heteroatoms. The number of carboxylic acids is 1. The van der Waals surface area contributed by atoms with Crippen molar-refractivity contribution in [1.29, 1.82) is 0 Å². The molecule has 8 nitrogen and oxygen atoms in total. The van der Waals surface area contributed by atoms with Crippen molar-refractivity contribution >= 4 is 34.4 Å². The molecule has 0 bridgehead atoms. The van der Waals surface area contributed by atoms with Crippen LogP contribution in [0, 0.1) is 0 Å². The summed E-state index contributed by atoms with van der Waals surface area (Å²) in [6.07, 6.45) is 9.68. The van der Waals surface area contributed by atoms with Gasteiger partial charge in [-0.05, 0) is 84.0 Å². The van der Waals surface area contributed by atoms with E-state index in [2.05, 4.69) is 16.7 Å². The van der Waals surface area contributed by atoms with Gasteiger partial charge in [-0.15, -0.1) is 0 Å². The third-order valence-electron chi connectivity index (χ3n) is 9.18. The second-order valence-electron chi connectivity index (χ2n) is 11.6. The van der Waals surface area contributed by atoms with Crippen LogP contribution in [0.15, 0.2) is 54.7 Å². The number of hydrogen-bond donors (Lipinski definition) is 1. The van der Waals surface area contributed by atoms with Gasteiger partial charge in [0, 0.05) is 35.8 Å². The number of benzene rings is 2. The Kier molecular flexibility index (Phi) is 7.23. The summed E-state index contributed by atoms with van der Waals surface area (Å²) in [6.45, 7) is 2.57. The van der Waals surface area contributed by atoms with Crippen LogP contribution in [0.2, 0.25) is 0 Å². The molecule has 3 aliphatic rings. The Morgan fingerprint density at radius 2 is 1.84 bits per heavy atom. The highest BCUT2D eigenvalue weighted by molar-refractivity contribution is 6.04. The van der Waals surface area contributed by atoms with Crippen LogP contribution in [0.5, 0.6) is 5.75 Å². The van der Waals surface area contributed by atoms with Gasteiger partial charge in [0.25, 0.3) is 5.91 Å². The van der Waals surface area contributed by atoms with Gasteiger partial charge in [-0.3, -0.25) is 9.78 Å². The summed E-state index contributed by atoms with van der Waals surface area (Å²) >= 11 is 0. The van der Waals surface area contributed by atoms with Crippen LogP contribution in [0.4, 0.5) is 0 Å². The maximum atomic E-state index is 13.8. The van der Waals surface area contributed by atoms with E-state index in [0.717, 1.165) is 51.9 Å². The zero-order chi connectivity index (χ0) is 29.5. The zero-order valence-corrected chi connectivity index (χ0v) is 24.3. The van der Waals surface area contributed by atoms with Crippen molar-refractivity contribution in [3.8, 4) is 17.0 Å². The number of methoxy groups -OCH3 is 1. The third kappa shape index (κ3) is 4.89. The average Bonchev–Trinajstić information content (AvgIpc) is 3.27. The topological polar surface area (TPSA) is 93.9 Å². The molecular weight excluding hydrogens is 542 g/mol. The Bertz CT molecular complexity index is 1760. The van der Waals surface area contributed by atoms with Gasteiger partial charge in [0.05, 0.1) is 49.4 Å². The van der Waals surface area contributed by atoms with Gasteiger partial charge in [0.1, 0.15) is 5.75 Å². The summed E-state index contributed by atoms with van der Waals surface area (Å²) in [7, 11) is 1.67. The molecule has 4 aromatic rings. The molecule has 0 spiro atoms. The minimum absolute atomic E-state index is 0.0592. The molecule has 0 unspecified atom stereocenters. The SMILES string of the molecule is COc1ccc2c(c1)C=C(c1ncccc1C(=O)N1CCOCC1)Cn1c-2c(C2CCCCC2)c2ccc(C(=O)O)cc21. The van der Waals surface area contributed by atoms with E-state index in [-0.39, 0.29) is 11.5 Å². The highest BCUT2D eigenvalue weighted by Gasteiger charge is 2.31. The Morgan fingerprint density at radius 3 is 2.60 bits per heavy atom. The van der Waals surface area contributed by atoms with E-state index in [1.165, 1.54) is 24.8 Å². The second kappa shape index (κ2) is 11.3. The number of rotatable bonds is 5. The molecule has 2 fully saturated rings. The van der Waals surface area contributed by atoms with Crippen molar-refractivity contribution in [1.82, 2.24) is 14.5 Å². The van der Waals surface area contributed by atoms with Gasteiger partial charge < -0.3 is 24.0 Å². The molecule has 4 heterocycles. The maximum Gasteiger partial charge on any atom is 0.335 e. The Hall–Kier alpha value is -4.43. The molecule has 1 N–H and O–H groups in total. The number of aromatic carboxylic acids is 1. The van der Waals surface area contributed by atoms with Crippen molar-refractivity contribution in [3.63, 3.8) is 0 Å². The number of carboxylic acid groups (broad SMARTS) is 1. The molecule has 1 saturated carbocycles. The van der Waals surface area contributed by atoms with Crippen molar-refractivity contribution in [3.05, 3.63) is 82.7 Å². The fourth-order valence-electron chi connectivity index (χ4n) is 7.09. The van der Waals surface area contributed by atoms with Gasteiger partial charge in [0.15, 0.2) is 0 Å². The Balaban J connectivity index is 1.47. The highest BCUT2D eigenvalue weighted by atomic mass is 16.5. The number of allylic oxidation sites excluding steroid dienone is 1. The van der Waals surface area contributed by atoms with E-state index in [4.69, 9.17) is 14.5 Å². The fraction of sp³-hybridized carbons (Fsp3) is 0.343. The lowest BCUT2D eigenvalue weighted by molar-refractivity contribution is 0.0302. The van der Waals surface area contributed by atoms with Gasteiger partial charge in [-0.1, -0.05) is 25.3 Å². The zero-order valence-electron chi connectivity index (χ0n) is 24.3. The number of pyridine rings is 1. The molecule has 1 saturated heterocycles. The van der Waals surface area contributed by atoms with Crippen molar-refractivity contribution < 1.29 is 24.2 Å². The van der Waals surface area contributed by atoms with E-state index in [1.807, 2.05) is 35.2 Å². The fourth-order valence-corrected chi connectivity index (χ4v) is 7.09. The number of amides is 1. The van der Waals surface area contributed by atoms with Crippen LogP contribution in [-0.4, -0.2) is 64.8 Å². The number of fused-ring (bicyclic) bond motifs is 5.